The number of amides is 2. The first-order valence-corrected chi connectivity index (χ1v) is 7.99. The summed E-state index contributed by atoms with van der Waals surface area (Å²) in [4.78, 5) is 26.5. The van der Waals surface area contributed by atoms with Crippen molar-refractivity contribution < 1.29 is 9.59 Å². The molecule has 2 rings (SSSR count). The van der Waals surface area contributed by atoms with Gasteiger partial charge in [-0.05, 0) is 31.6 Å². The summed E-state index contributed by atoms with van der Waals surface area (Å²) in [7, 11) is 0. The van der Waals surface area contributed by atoms with Gasteiger partial charge in [-0.25, -0.2) is 0 Å². The number of carbonyl (C=O) groups is 2. The molecule has 1 heterocycles. The molecule has 0 spiro atoms. The van der Waals surface area contributed by atoms with Crippen LogP contribution in [-0.4, -0.2) is 35.3 Å². The molecule has 2 amide bonds. The van der Waals surface area contributed by atoms with Crippen molar-refractivity contribution in [2.45, 2.75) is 71.3 Å². The van der Waals surface area contributed by atoms with Gasteiger partial charge in [0.15, 0.2) is 0 Å². The van der Waals surface area contributed by atoms with Crippen molar-refractivity contribution in [1.29, 1.82) is 0 Å². The minimum absolute atomic E-state index is 0.000928. The number of hydrogen-bond acceptors (Lipinski definition) is 2. The lowest BCUT2D eigenvalue weighted by Gasteiger charge is -2.40. The quantitative estimate of drug-likeness (QED) is 0.863. The van der Waals surface area contributed by atoms with Gasteiger partial charge in [0.05, 0.1) is 0 Å². The van der Waals surface area contributed by atoms with Crippen molar-refractivity contribution in [3.63, 3.8) is 0 Å². The number of carbonyl (C=O) groups excluding carboxylic acids is 2. The molecule has 0 bridgehead atoms. The molecule has 1 aliphatic heterocycles. The second-order valence-corrected chi connectivity index (χ2v) is 7.08. The smallest absolute Gasteiger partial charge is 0.248 e. The van der Waals surface area contributed by atoms with Gasteiger partial charge in [-0.2, -0.15) is 0 Å². The first-order chi connectivity index (χ1) is 9.38. The van der Waals surface area contributed by atoms with E-state index < -0.39 is 5.54 Å². The Hall–Kier alpha value is -1.06. The summed E-state index contributed by atoms with van der Waals surface area (Å²) in [5.74, 6) is 0.0941. The summed E-state index contributed by atoms with van der Waals surface area (Å²) < 4.78 is 0. The lowest BCUT2D eigenvalue weighted by Crippen LogP contribution is -2.56. The second kappa shape index (κ2) is 5.74. The molecule has 114 valence electrons. The fraction of sp³-hybridized carbons (Fsp3) is 0.875. The van der Waals surface area contributed by atoms with E-state index in [1.165, 1.54) is 32.1 Å². The maximum absolute atomic E-state index is 12.8. The maximum atomic E-state index is 12.8. The fourth-order valence-corrected chi connectivity index (χ4v) is 3.53. The summed E-state index contributed by atoms with van der Waals surface area (Å²) >= 11 is 0. The van der Waals surface area contributed by atoms with Gasteiger partial charge in [0.25, 0.3) is 0 Å². The van der Waals surface area contributed by atoms with E-state index in [4.69, 9.17) is 0 Å². The van der Waals surface area contributed by atoms with E-state index in [1.807, 2.05) is 18.7 Å². The Labute approximate surface area is 122 Å². The Morgan fingerprint density at radius 3 is 2.40 bits per heavy atom. The molecule has 1 unspecified atom stereocenters. The van der Waals surface area contributed by atoms with Crippen LogP contribution in [0, 0.1) is 5.41 Å². The number of nitrogens with one attached hydrogen (secondary N) is 1. The highest BCUT2D eigenvalue weighted by atomic mass is 16.2. The van der Waals surface area contributed by atoms with Crippen LogP contribution in [-0.2, 0) is 9.59 Å². The van der Waals surface area contributed by atoms with E-state index in [9.17, 15) is 9.59 Å². The van der Waals surface area contributed by atoms with Crippen LogP contribution in [0.3, 0.4) is 0 Å². The molecular formula is C16H28N2O2. The molecule has 0 aromatic heterocycles. The third-order valence-corrected chi connectivity index (χ3v) is 5.12. The van der Waals surface area contributed by atoms with Crippen LogP contribution >= 0.6 is 0 Å². The van der Waals surface area contributed by atoms with Crippen molar-refractivity contribution in [2.24, 2.45) is 5.41 Å². The first-order valence-electron chi connectivity index (χ1n) is 7.99. The predicted molar refractivity (Wildman–Crippen MR) is 79.2 cm³/mol. The Kier molecular flexibility index (Phi) is 4.40. The van der Waals surface area contributed by atoms with E-state index in [0.29, 0.717) is 19.4 Å². The monoisotopic (exact) mass is 280 g/mol. The van der Waals surface area contributed by atoms with Gasteiger partial charge < -0.3 is 10.2 Å². The molecule has 4 heteroatoms. The molecule has 2 fully saturated rings. The van der Waals surface area contributed by atoms with Gasteiger partial charge in [-0.1, -0.05) is 33.1 Å². The molecule has 1 N–H and O–H groups in total. The van der Waals surface area contributed by atoms with Crippen molar-refractivity contribution in [3.05, 3.63) is 0 Å². The van der Waals surface area contributed by atoms with Crippen LogP contribution in [0.15, 0.2) is 0 Å². The SMILES string of the molecule is CCC1(C)NC(=O)CCN(CC2(C)CCCCC2)C1=O. The average molecular weight is 280 g/mol. The van der Waals surface area contributed by atoms with E-state index in [-0.39, 0.29) is 17.2 Å². The van der Waals surface area contributed by atoms with Crippen molar-refractivity contribution in [1.82, 2.24) is 10.2 Å². The van der Waals surface area contributed by atoms with E-state index in [0.717, 1.165) is 6.54 Å². The molecule has 0 radical (unpaired) electrons. The lowest BCUT2D eigenvalue weighted by molar-refractivity contribution is -0.139. The molecule has 4 nitrogen and oxygen atoms in total. The van der Waals surface area contributed by atoms with Gasteiger partial charge in [-0.15, -0.1) is 0 Å². The van der Waals surface area contributed by atoms with Gasteiger partial charge in [0.2, 0.25) is 11.8 Å². The maximum Gasteiger partial charge on any atom is 0.248 e. The van der Waals surface area contributed by atoms with Gasteiger partial charge >= 0.3 is 0 Å². The molecule has 1 saturated heterocycles. The molecule has 1 aliphatic carbocycles. The first kappa shape index (κ1) is 15.3. The second-order valence-electron chi connectivity index (χ2n) is 7.08. The summed E-state index contributed by atoms with van der Waals surface area (Å²) in [5, 5.41) is 2.90. The highest BCUT2D eigenvalue weighted by molar-refractivity contribution is 5.93. The van der Waals surface area contributed by atoms with E-state index in [1.54, 1.807) is 0 Å². The third kappa shape index (κ3) is 3.15. The fourth-order valence-electron chi connectivity index (χ4n) is 3.53. The van der Waals surface area contributed by atoms with Crippen LogP contribution in [0.2, 0.25) is 0 Å². The topological polar surface area (TPSA) is 49.4 Å². The molecule has 0 aromatic rings. The molecule has 0 aromatic carbocycles. The molecule has 1 saturated carbocycles. The third-order valence-electron chi connectivity index (χ3n) is 5.12. The number of rotatable bonds is 3. The summed E-state index contributed by atoms with van der Waals surface area (Å²) in [6.07, 6.45) is 7.31. The van der Waals surface area contributed by atoms with Crippen LogP contribution in [0.4, 0.5) is 0 Å². The van der Waals surface area contributed by atoms with Crippen molar-refractivity contribution in [2.75, 3.05) is 13.1 Å². The predicted octanol–water partition coefficient (Wildman–Crippen LogP) is 2.47. The van der Waals surface area contributed by atoms with Crippen molar-refractivity contribution >= 4 is 11.8 Å². The lowest BCUT2D eigenvalue weighted by atomic mass is 9.75. The standard InChI is InChI=1S/C16H28N2O2/c1-4-16(3)14(20)18(11-8-13(19)17-16)12-15(2)9-6-5-7-10-15/h4-12H2,1-3H3,(H,17,19). The van der Waals surface area contributed by atoms with Gasteiger partial charge in [0, 0.05) is 19.5 Å². The molecule has 1 atom stereocenters. The minimum Gasteiger partial charge on any atom is -0.342 e. The summed E-state index contributed by atoms with van der Waals surface area (Å²) in [6.45, 7) is 7.48. The zero-order valence-corrected chi connectivity index (χ0v) is 13.1. The van der Waals surface area contributed by atoms with Crippen molar-refractivity contribution in [3.8, 4) is 0 Å². The highest BCUT2D eigenvalue weighted by Crippen LogP contribution is 2.37. The van der Waals surface area contributed by atoms with Gasteiger partial charge in [-0.3, -0.25) is 9.59 Å². The largest absolute Gasteiger partial charge is 0.342 e. The van der Waals surface area contributed by atoms with Crippen LogP contribution in [0.25, 0.3) is 0 Å². The number of hydrogen-bond donors (Lipinski definition) is 1. The molecule has 2 aliphatic rings. The normalized spacial score (nSPS) is 30.9. The van der Waals surface area contributed by atoms with E-state index >= 15 is 0 Å². The highest BCUT2D eigenvalue weighted by Gasteiger charge is 2.41. The Morgan fingerprint density at radius 2 is 1.80 bits per heavy atom. The molecule has 20 heavy (non-hydrogen) atoms. The Bertz CT molecular complexity index is 388. The Balaban J connectivity index is 2.13. The van der Waals surface area contributed by atoms with Crippen LogP contribution in [0.5, 0.6) is 0 Å². The van der Waals surface area contributed by atoms with E-state index in [2.05, 4.69) is 12.2 Å². The zero-order valence-electron chi connectivity index (χ0n) is 13.1. The number of nitrogens with zero attached hydrogens (tertiary/aromatic N) is 1. The average Bonchev–Trinajstić information content (AvgIpc) is 2.52. The molecular weight excluding hydrogens is 252 g/mol. The van der Waals surface area contributed by atoms with Crippen LogP contribution < -0.4 is 5.32 Å². The Morgan fingerprint density at radius 1 is 1.15 bits per heavy atom. The minimum atomic E-state index is -0.724. The zero-order chi connectivity index (χ0) is 14.8. The van der Waals surface area contributed by atoms with Gasteiger partial charge in [0.1, 0.15) is 5.54 Å². The summed E-state index contributed by atoms with van der Waals surface area (Å²) in [6, 6.07) is 0. The van der Waals surface area contributed by atoms with Crippen LogP contribution in [0.1, 0.15) is 65.7 Å². The summed E-state index contributed by atoms with van der Waals surface area (Å²) in [5.41, 5.74) is -0.492.